The molecule has 1 heterocycles. The van der Waals surface area contributed by atoms with E-state index in [0.29, 0.717) is 5.56 Å². The summed E-state index contributed by atoms with van der Waals surface area (Å²) < 4.78 is 0. The summed E-state index contributed by atoms with van der Waals surface area (Å²) in [4.78, 5) is 24.7. The van der Waals surface area contributed by atoms with Gasteiger partial charge in [0.2, 0.25) is 0 Å². The maximum atomic E-state index is 12.1. The van der Waals surface area contributed by atoms with Crippen LogP contribution in [0.4, 0.5) is 0 Å². The van der Waals surface area contributed by atoms with Gasteiger partial charge in [-0.2, -0.15) is 0 Å². The minimum Gasteiger partial charge on any atom is -0.478 e. The highest BCUT2D eigenvalue weighted by atomic mass is 16.4. The first-order valence-corrected chi connectivity index (χ1v) is 5.74. The molecule has 0 aliphatic carbocycles. The average Bonchev–Trinajstić information content (AvgIpc) is 2.74. The number of carboxylic acids is 1. The van der Waals surface area contributed by atoms with Crippen LogP contribution in [-0.4, -0.2) is 34.5 Å². The van der Waals surface area contributed by atoms with E-state index in [9.17, 15) is 9.59 Å². The van der Waals surface area contributed by atoms with Crippen molar-refractivity contribution in [3.8, 4) is 0 Å². The molecular weight excluding hydrogens is 218 g/mol. The molecule has 1 aliphatic rings. The van der Waals surface area contributed by atoms with Gasteiger partial charge in [-0.1, -0.05) is 0 Å². The SMILES string of the molecule is CC1CCCN1C(=O)c1ccc(C(=O)O)cc1. The summed E-state index contributed by atoms with van der Waals surface area (Å²) in [7, 11) is 0. The first-order valence-electron chi connectivity index (χ1n) is 5.74. The van der Waals surface area contributed by atoms with Crippen molar-refractivity contribution in [1.82, 2.24) is 4.90 Å². The van der Waals surface area contributed by atoms with Crippen LogP contribution in [0.5, 0.6) is 0 Å². The van der Waals surface area contributed by atoms with Crippen molar-refractivity contribution in [2.24, 2.45) is 0 Å². The summed E-state index contributed by atoms with van der Waals surface area (Å²) >= 11 is 0. The Bertz CT molecular complexity index is 438. The molecule has 1 amide bonds. The molecule has 4 heteroatoms. The van der Waals surface area contributed by atoms with Crippen molar-refractivity contribution in [2.45, 2.75) is 25.8 Å². The van der Waals surface area contributed by atoms with Gasteiger partial charge in [0.15, 0.2) is 0 Å². The zero-order chi connectivity index (χ0) is 12.4. The van der Waals surface area contributed by atoms with E-state index in [-0.39, 0.29) is 17.5 Å². The highest BCUT2D eigenvalue weighted by Crippen LogP contribution is 2.19. The fourth-order valence-corrected chi connectivity index (χ4v) is 2.16. The molecule has 0 spiro atoms. The largest absolute Gasteiger partial charge is 0.478 e. The standard InChI is InChI=1S/C13H15NO3/c1-9-3-2-8-14(9)12(15)10-4-6-11(7-5-10)13(16)17/h4-7,9H,2-3,8H2,1H3,(H,16,17). The Labute approximate surface area is 99.9 Å². The van der Waals surface area contributed by atoms with Crippen LogP contribution in [0.3, 0.4) is 0 Å². The van der Waals surface area contributed by atoms with Crippen LogP contribution in [0.25, 0.3) is 0 Å². The Morgan fingerprint density at radius 1 is 1.24 bits per heavy atom. The Balaban J connectivity index is 2.17. The average molecular weight is 233 g/mol. The normalized spacial score (nSPS) is 19.4. The van der Waals surface area contributed by atoms with Crippen molar-refractivity contribution in [3.63, 3.8) is 0 Å². The van der Waals surface area contributed by atoms with E-state index in [1.54, 1.807) is 12.1 Å². The molecule has 0 aromatic heterocycles. The Morgan fingerprint density at radius 2 is 1.82 bits per heavy atom. The number of hydrogen-bond donors (Lipinski definition) is 1. The van der Waals surface area contributed by atoms with Crippen LogP contribution in [0.2, 0.25) is 0 Å². The maximum absolute atomic E-state index is 12.1. The molecule has 1 fully saturated rings. The number of nitrogens with zero attached hydrogens (tertiary/aromatic N) is 1. The highest BCUT2D eigenvalue weighted by Gasteiger charge is 2.25. The van der Waals surface area contributed by atoms with Crippen LogP contribution < -0.4 is 0 Å². The van der Waals surface area contributed by atoms with Gasteiger partial charge in [-0.05, 0) is 44.0 Å². The molecule has 90 valence electrons. The second-order valence-electron chi connectivity index (χ2n) is 4.37. The van der Waals surface area contributed by atoms with E-state index in [4.69, 9.17) is 5.11 Å². The van der Waals surface area contributed by atoms with Gasteiger partial charge in [0.1, 0.15) is 0 Å². The number of benzene rings is 1. The number of carbonyl (C=O) groups is 2. The number of aromatic carboxylic acids is 1. The third-order valence-electron chi connectivity index (χ3n) is 3.19. The smallest absolute Gasteiger partial charge is 0.335 e. The molecule has 4 nitrogen and oxygen atoms in total. The molecule has 0 bridgehead atoms. The molecular formula is C13H15NO3. The Morgan fingerprint density at radius 3 is 2.29 bits per heavy atom. The highest BCUT2D eigenvalue weighted by molar-refractivity contribution is 5.96. The summed E-state index contributed by atoms with van der Waals surface area (Å²) in [6.45, 7) is 2.83. The lowest BCUT2D eigenvalue weighted by Gasteiger charge is -2.21. The van der Waals surface area contributed by atoms with Gasteiger partial charge in [-0.3, -0.25) is 4.79 Å². The van der Waals surface area contributed by atoms with Crippen molar-refractivity contribution >= 4 is 11.9 Å². The number of amides is 1. The first kappa shape index (κ1) is 11.6. The summed E-state index contributed by atoms with van der Waals surface area (Å²) in [6, 6.07) is 6.38. The summed E-state index contributed by atoms with van der Waals surface area (Å²) in [5.74, 6) is -0.981. The lowest BCUT2D eigenvalue weighted by Crippen LogP contribution is -2.33. The van der Waals surface area contributed by atoms with Gasteiger partial charge in [0.05, 0.1) is 5.56 Å². The van der Waals surface area contributed by atoms with Crippen LogP contribution >= 0.6 is 0 Å². The van der Waals surface area contributed by atoms with Gasteiger partial charge in [0, 0.05) is 18.2 Å². The zero-order valence-electron chi connectivity index (χ0n) is 9.72. The lowest BCUT2D eigenvalue weighted by molar-refractivity contribution is 0.0693. The van der Waals surface area contributed by atoms with E-state index in [1.165, 1.54) is 12.1 Å². The molecule has 0 saturated carbocycles. The number of carboxylic acid groups (broad SMARTS) is 1. The number of hydrogen-bond acceptors (Lipinski definition) is 2. The molecule has 1 aromatic carbocycles. The van der Waals surface area contributed by atoms with Crippen LogP contribution in [-0.2, 0) is 0 Å². The third-order valence-corrected chi connectivity index (χ3v) is 3.19. The summed E-state index contributed by atoms with van der Waals surface area (Å²) in [5.41, 5.74) is 0.764. The molecule has 17 heavy (non-hydrogen) atoms. The van der Waals surface area contributed by atoms with E-state index in [2.05, 4.69) is 0 Å². The van der Waals surface area contributed by atoms with Crippen LogP contribution in [0.1, 0.15) is 40.5 Å². The van der Waals surface area contributed by atoms with E-state index in [0.717, 1.165) is 19.4 Å². The fourth-order valence-electron chi connectivity index (χ4n) is 2.16. The minimum absolute atomic E-state index is 0.00746. The minimum atomic E-state index is -0.974. The first-order chi connectivity index (χ1) is 8.09. The predicted octanol–water partition coefficient (Wildman–Crippen LogP) is 2.01. The van der Waals surface area contributed by atoms with Gasteiger partial charge in [-0.15, -0.1) is 0 Å². The molecule has 2 rings (SSSR count). The van der Waals surface area contributed by atoms with Gasteiger partial charge >= 0.3 is 5.97 Å². The molecule has 1 aromatic rings. The van der Waals surface area contributed by atoms with Crippen molar-refractivity contribution < 1.29 is 14.7 Å². The Hall–Kier alpha value is -1.84. The van der Waals surface area contributed by atoms with Gasteiger partial charge in [-0.25, -0.2) is 4.79 Å². The number of likely N-dealkylation sites (tertiary alicyclic amines) is 1. The third kappa shape index (κ3) is 2.30. The molecule has 1 N–H and O–H groups in total. The second-order valence-corrected chi connectivity index (χ2v) is 4.37. The second kappa shape index (κ2) is 4.57. The number of carbonyl (C=O) groups excluding carboxylic acids is 1. The monoisotopic (exact) mass is 233 g/mol. The van der Waals surface area contributed by atoms with E-state index in [1.807, 2.05) is 11.8 Å². The van der Waals surface area contributed by atoms with E-state index >= 15 is 0 Å². The van der Waals surface area contributed by atoms with Gasteiger partial charge < -0.3 is 10.0 Å². The van der Waals surface area contributed by atoms with E-state index < -0.39 is 5.97 Å². The zero-order valence-corrected chi connectivity index (χ0v) is 9.72. The molecule has 1 atom stereocenters. The fraction of sp³-hybridized carbons (Fsp3) is 0.385. The van der Waals surface area contributed by atoms with Crippen molar-refractivity contribution in [3.05, 3.63) is 35.4 Å². The molecule has 0 radical (unpaired) electrons. The molecule has 1 unspecified atom stereocenters. The quantitative estimate of drug-likeness (QED) is 0.850. The lowest BCUT2D eigenvalue weighted by atomic mass is 10.1. The van der Waals surface area contributed by atoms with Crippen LogP contribution in [0, 0.1) is 0 Å². The van der Waals surface area contributed by atoms with Crippen molar-refractivity contribution in [2.75, 3.05) is 6.54 Å². The predicted molar refractivity (Wildman–Crippen MR) is 63.1 cm³/mol. The molecule has 1 aliphatic heterocycles. The summed E-state index contributed by atoms with van der Waals surface area (Å²) in [6.07, 6.45) is 2.08. The Kier molecular flexibility index (Phi) is 3.13. The van der Waals surface area contributed by atoms with Gasteiger partial charge in [0.25, 0.3) is 5.91 Å². The topological polar surface area (TPSA) is 57.6 Å². The summed E-state index contributed by atoms with van der Waals surface area (Å²) in [5, 5.41) is 8.77. The molecule has 1 saturated heterocycles. The van der Waals surface area contributed by atoms with Crippen molar-refractivity contribution in [1.29, 1.82) is 0 Å². The van der Waals surface area contributed by atoms with Crippen LogP contribution in [0.15, 0.2) is 24.3 Å². The maximum Gasteiger partial charge on any atom is 0.335 e. The number of rotatable bonds is 2.